The second-order valence-electron chi connectivity index (χ2n) is 4.80. The number of hydrogen-bond acceptors (Lipinski definition) is 2. The summed E-state index contributed by atoms with van der Waals surface area (Å²) in [7, 11) is 0. The number of hydrogen-bond donors (Lipinski definition) is 0. The molecule has 0 aromatic rings. The monoisotopic (exact) mass is 212 g/mol. The third-order valence-corrected chi connectivity index (χ3v) is 2.12. The van der Waals surface area contributed by atoms with Crippen LogP contribution < -0.4 is 0 Å². The summed E-state index contributed by atoms with van der Waals surface area (Å²) in [6.07, 6.45) is 1.38. The molecule has 0 aromatic carbocycles. The van der Waals surface area contributed by atoms with Crippen molar-refractivity contribution in [3.8, 4) is 0 Å². The lowest BCUT2D eigenvalue weighted by Gasteiger charge is -2.37. The van der Waals surface area contributed by atoms with Crippen LogP contribution in [0, 0.1) is 5.41 Å². The van der Waals surface area contributed by atoms with Gasteiger partial charge in [0, 0.05) is 19.6 Å². The zero-order valence-corrected chi connectivity index (χ0v) is 10.7. The average molecular weight is 212 g/mol. The van der Waals surface area contributed by atoms with Crippen molar-refractivity contribution in [1.82, 2.24) is 10.0 Å². The molecular formula is C12H24N2O. The summed E-state index contributed by atoms with van der Waals surface area (Å²) >= 11 is 0. The molecule has 1 amide bonds. The lowest BCUT2D eigenvalue weighted by atomic mass is 9.96. The van der Waals surface area contributed by atoms with Crippen molar-refractivity contribution < 1.29 is 4.79 Å². The lowest BCUT2D eigenvalue weighted by Crippen LogP contribution is -2.49. The van der Waals surface area contributed by atoms with Crippen molar-refractivity contribution in [2.24, 2.45) is 5.41 Å². The van der Waals surface area contributed by atoms with E-state index in [2.05, 4.69) is 41.2 Å². The SMILES string of the molecule is C=CC(=O)N(CC(C)(C)C)N(CC)CC. The molecule has 0 spiro atoms. The van der Waals surface area contributed by atoms with Gasteiger partial charge in [0.25, 0.3) is 5.91 Å². The van der Waals surface area contributed by atoms with E-state index in [1.807, 2.05) is 5.01 Å². The first-order valence-corrected chi connectivity index (χ1v) is 5.54. The fraction of sp³-hybridized carbons (Fsp3) is 0.750. The number of carbonyl (C=O) groups is 1. The molecule has 3 nitrogen and oxygen atoms in total. The molecule has 3 heteroatoms. The molecule has 88 valence electrons. The minimum Gasteiger partial charge on any atom is -0.271 e. The van der Waals surface area contributed by atoms with Gasteiger partial charge in [-0.25, -0.2) is 5.01 Å². The van der Waals surface area contributed by atoms with Crippen LogP contribution in [-0.2, 0) is 4.79 Å². The van der Waals surface area contributed by atoms with Crippen LogP contribution in [0.3, 0.4) is 0 Å². The topological polar surface area (TPSA) is 23.6 Å². The molecule has 0 saturated carbocycles. The fourth-order valence-electron chi connectivity index (χ4n) is 1.44. The van der Waals surface area contributed by atoms with E-state index in [0.717, 1.165) is 19.6 Å². The Labute approximate surface area is 93.7 Å². The van der Waals surface area contributed by atoms with Gasteiger partial charge < -0.3 is 0 Å². The predicted octanol–water partition coefficient (Wildman–Crippen LogP) is 2.30. The minimum absolute atomic E-state index is 0.0198. The average Bonchev–Trinajstić information content (AvgIpc) is 2.15. The third-order valence-electron chi connectivity index (χ3n) is 2.12. The Morgan fingerprint density at radius 2 is 1.73 bits per heavy atom. The summed E-state index contributed by atoms with van der Waals surface area (Å²) < 4.78 is 0. The molecule has 0 aliphatic carbocycles. The van der Waals surface area contributed by atoms with Crippen LogP contribution in [0.25, 0.3) is 0 Å². The Bertz CT molecular complexity index is 214. The van der Waals surface area contributed by atoms with Crippen LogP contribution in [-0.4, -0.2) is 35.6 Å². The van der Waals surface area contributed by atoms with E-state index < -0.39 is 0 Å². The molecular weight excluding hydrogens is 188 g/mol. The smallest absolute Gasteiger partial charge is 0.260 e. The Hall–Kier alpha value is -0.830. The molecule has 0 N–H and O–H groups in total. The van der Waals surface area contributed by atoms with Crippen molar-refractivity contribution in [3.05, 3.63) is 12.7 Å². The molecule has 0 heterocycles. The van der Waals surface area contributed by atoms with Crippen LogP contribution in [0.5, 0.6) is 0 Å². The van der Waals surface area contributed by atoms with Gasteiger partial charge in [-0.05, 0) is 11.5 Å². The molecule has 0 rings (SSSR count). The lowest BCUT2D eigenvalue weighted by molar-refractivity contribution is -0.146. The Balaban J connectivity index is 4.71. The molecule has 0 atom stereocenters. The summed E-state index contributed by atoms with van der Waals surface area (Å²) in [6, 6.07) is 0. The Kier molecular flexibility index (Phi) is 5.58. The van der Waals surface area contributed by atoms with E-state index in [4.69, 9.17) is 0 Å². The minimum atomic E-state index is -0.0198. The molecule has 0 fully saturated rings. The maximum Gasteiger partial charge on any atom is 0.260 e. The van der Waals surface area contributed by atoms with Gasteiger partial charge in [-0.1, -0.05) is 41.2 Å². The maximum atomic E-state index is 11.7. The highest BCUT2D eigenvalue weighted by Crippen LogP contribution is 2.16. The van der Waals surface area contributed by atoms with E-state index >= 15 is 0 Å². The van der Waals surface area contributed by atoms with E-state index in [9.17, 15) is 4.79 Å². The van der Waals surface area contributed by atoms with Crippen LogP contribution in [0.15, 0.2) is 12.7 Å². The molecule has 15 heavy (non-hydrogen) atoms. The predicted molar refractivity (Wildman–Crippen MR) is 64.3 cm³/mol. The highest BCUT2D eigenvalue weighted by molar-refractivity contribution is 5.86. The second-order valence-corrected chi connectivity index (χ2v) is 4.80. The van der Waals surface area contributed by atoms with Crippen LogP contribution >= 0.6 is 0 Å². The number of hydrazine groups is 1. The van der Waals surface area contributed by atoms with Gasteiger partial charge >= 0.3 is 0 Å². The van der Waals surface area contributed by atoms with Crippen molar-refractivity contribution in [3.63, 3.8) is 0 Å². The number of carbonyl (C=O) groups excluding carboxylic acids is 1. The standard InChI is InChI=1S/C12H24N2O/c1-7-11(15)14(10-12(4,5)6)13(8-2)9-3/h7H,1,8-10H2,2-6H3. The van der Waals surface area contributed by atoms with Crippen molar-refractivity contribution in [1.29, 1.82) is 0 Å². The Morgan fingerprint density at radius 1 is 1.27 bits per heavy atom. The maximum absolute atomic E-state index is 11.7. The summed E-state index contributed by atoms with van der Waals surface area (Å²) in [4.78, 5) is 11.7. The van der Waals surface area contributed by atoms with Crippen LogP contribution in [0.4, 0.5) is 0 Å². The number of amides is 1. The highest BCUT2D eigenvalue weighted by atomic mass is 16.2. The first-order valence-electron chi connectivity index (χ1n) is 5.54. The van der Waals surface area contributed by atoms with E-state index in [0.29, 0.717) is 0 Å². The normalized spacial score (nSPS) is 11.6. The Morgan fingerprint density at radius 3 is 2.00 bits per heavy atom. The van der Waals surface area contributed by atoms with Crippen molar-refractivity contribution >= 4 is 5.91 Å². The van der Waals surface area contributed by atoms with E-state index in [1.165, 1.54) is 6.08 Å². The van der Waals surface area contributed by atoms with Gasteiger partial charge in [-0.15, -0.1) is 0 Å². The molecule has 0 bridgehead atoms. The van der Waals surface area contributed by atoms with Crippen molar-refractivity contribution in [2.75, 3.05) is 19.6 Å². The van der Waals surface area contributed by atoms with Gasteiger partial charge in [0.05, 0.1) is 0 Å². The molecule has 0 saturated heterocycles. The molecule has 0 radical (unpaired) electrons. The summed E-state index contributed by atoms with van der Waals surface area (Å²) in [5, 5.41) is 3.82. The van der Waals surface area contributed by atoms with E-state index in [1.54, 1.807) is 5.01 Å². The van der Waals surface area contributed by atoms with Crippen LogP contribution in [0.2, 0.25) is 0 Å². The fourth-order valence-corrected chi connectivity index (χ4v) is 1.44. The molecule has 0 aromatic heterocycles. The summed E-state index contributed by atoms with van der Waals surface area (Å²) in [6.45, 7) is 16.4. The van der Waals surface area contributed by atoms with Crippen molar-refractivity contribution in [2.45, 2.75) is 34.6 Å². The third kappa shape index (κ3) is 4.98. The number of rotatable bonds is 5. The van der Waals surface area contributed by atoms with Gasteiger partial charge in [-0.2, -0.15) is 0 Å². The van der Waals surface area contributed by atoms with Gasteiger partial charge in [0.2, 0.25) is 0 Å². The van der Waals surface area contributed by atoms with Gasteiger partial charge in [-0.3, -0.25) is 9.80 Å². The quantitative estimate of drug-likeness (QED) is 0.516. The van der Waals surface area contributed by atoms with Crippen LogP contribution in [0.1, 0.15) is 34.6 Å². The van der Waals surface area contributed by atoms with Gasteiger partial charge in [0.15, 0.2) is 0 Å². The molecule has 0 aliphatic heterocycles. The summed E-state index contributed by atoms with van der Waals surface area (Å²) in [5.74, 6) is -0.0198. The second kappa shape index (κ2) is 5.91. The molecule has 0 aliphatic rings. The first-order chi connectivity index (χ1) is 6.85. The zero-order chi connectivity index (χ0) is 12.1. The largest absolute Gasteiger partial charge is 0.271 e. The number of nitrogens with zero attached hydrogens (tertiary/aromatic N) is 2. The zero-order valence-electron chi connectivity index (χ0n) is 10.7. The van der Waals surface area contributed by atoms with Gasteiger partial charge in [0.1, 0.15) is 0 Å². The summed E-state index contributed by atoms with van der Waals surface area (Å²) in [5.41, 5.74) is 0.0985. The van der Waals surface area contributed by atoms with E-state index in [-0.39, 0.29) is 11.3 Å². The highest BCUT2D eigenvalue weighted by Gasteiger charge is 2.22. The molecule has 0 unspecified atom stereocenters. The first kappa shape index (κ1) is 14.2.